The molecule has 164 valence electrons. The predicted octanol–water partition coefficient (Wildman–Crippen LogP) is 4.21. The van der Waals surface area contributed by atoms with Crippen LogP contribution in [0.3, 0.4) is 0 Å². The van der Waals surface area contributed by atoms with Crippen molar-refractivity contribution in [2.24, 2.45) is 0 Å². The minimum Gasteiger partial charge on any atom is -0.368 e. The van der Waals surface area contributed by atoms with Gasteiger partial charge in [0, 0.05) is 24.4 Å². The maximum Gasteiger partial charge on any atom is 0.254 e. The molecule has 0 spiro atoms. The molecule has 1 aliphatic rings. The van der Waals surface area contributed by atoms with E-state index in [-0.39, 0.29) is 18.4 Å². The third kappa shape index (κ3) is 5.97. The molecule has 2 aromatic carbocycles. The summed E-state index contributed by atoms with van der Waals surface area (Å²) < 4.78 is 5.38. The van der Waals surface area contributed by atoms with Gasteiger partial charge in [0.2, 0.25) is 5.91 Å². The second-order valence-electron chi connectivity index (χ2n) is 7.04. The van der Waals surface area contributed by atoms with E-state index < -0.39 is 12.0 Å². The van der Waals surface area contributed by atoms with Crippen molar-refractivity contribution in [2.75, 3.05) is 30.3 Å². The highest BCUT2D eigenvalue weighted by molar-refractivity contribution is 6.39. The molecule has 7 nitrogen and oxygen atoms in total. The summed E-state index contributed by atoms with van der Waals surface area (Å²) in [7, 11) is 0. The molecule has 0 radical (unpaired) electrons. The molecule has 3 amide bonds. The van der Waals surface area contributed by atoms with E-state index in [1.54, 1.807) is 49.4 Å². The summed E-state index contributed by atoms with van der Waals surface area (Å²) in [5, 5.41) is 6.05. The van der Waals surface area contributed by atoms with Crippen LogP contribution in [0.1, 0.15) is 30.1 Å². The lowest BCUT2D eigenvalue weighted by molar-refractivity contribution is -0.124. The van der Waals surface area contributed by atoms with Crippen LogP contribution in [-0.4, -0.2) is 48.4 Å². The lowest BCUT2D eigenvalue weighted by Crippen LogP contribution is -2.38. The van der Waals surface area contributed by atoms with Crippen LogP contribution in [0.4, 0.5) is 11.4 Å². The number of carbonyl (C=O) groups is 3. The first-order chi connectivity index (χ1) is 14.9. The van der Waals surface area contributed by atoms with E-state index in [1.807, 2.05) is 0 Å². The molecule has 0 aromatic heterocycles. The Morgan fingerprint density at radius 1 is 1.10 bits per heavy atom. The largest absolute Gasteiger partial charge is 0.368 e. The van der Waals surface area contributed by atoms with Gasteiger partial charge in [-0.1, -0.05) is 35.3 Å². The second kappa shape index (κ2) is 10.6. The Morgan fingerprint density at radius 2 is 1.81 bits per heavy atom. The molecule has 0 aliphatic carbocycles. The van der Waals surface area contributed by atoms with E-state index in [0.29, 0.717) is 46.6 Å². The van der Waals surface area contributed by atoms with Crippen molar-refractivity contribution in [3.63, 3.8) is 0 Å². The summed E-state index contributed by atoms with van der Waals surface area (Å²) in [5.41, 5.74) is 1.16. The molecular weight excluding hydrogens is 441 g/mol. The number of amides is 3. The Balaban J connectivity index is 1.65. The number of halogens is 2. The Morgan fingerprint density at radius 3 is 2.45 bits per heavy atom. The molecular formula is C22H23Cl2N3O4. The van der Waals surface area contributed by atoms with Gasteiger partial charge in [0.25, 0.3) is 11.8 Å². The van der Waals surface area contributed by atoms with Crippen LogP contribution in [0.2, 0.25) is 10.0 Å². The Hall–Kier alpha value is -2.61. The predicted molar refractivity (Wildman–Crippen MR) is 121 cm³/mol. The summed E-state index contributed by atoms with van der Waals surface area (Å²) in [4.78, 5) is 39.1. The van der Waals surface area contributed by atoms with E-state index >= 15 is 0 Å². The highest BCUT2D eigenvalue weighted by Crippen LogP contribution is 2.29. The first kappa shape index (κ1) is 23.1. The SMILES string of the molecule is CCN(CC(=O)Nc1c(Cl)cccc1Cl)C(=O)c1cccc(NC(=O)C2CCCO2)c1. The monoisotopic (exact) mass is 463 g/mol. The molecule has 3 rings (SSSR count). The van der Waals surface area contributed by atoms with Crippen LogP contribution in [-0.2, 0) is 14.3 Å². The van der Waals surface area contributed by atoms with E-state index in [0.717, 1.165) is 6.42 Å². The average molecular weight is 464 g/mol. The van der Waals surface area contributed by atoms with Crippen LogP contribution in [0.15, 0.2) is 42.5 Å². The van der Waals surface area contributed by atoms with Crippen molar-refractivity contribution in [2.45, 2.75) is 25.9 Å². The fourth-order valence-corrected chi connectivity index (χ4v) is 3.71. The van der Waals surface area contributed by atoms with Gasteiger partial charge in [-0.25, -0.2) is 0 Å². The summed E-state index contributed by atoms with van der Waals surface area (Å²) in [6, 6.07) is 11.5. The van der Waals surface area contributed by atoms with Crippen LogP contribution in [0.25, 0.3) is 0 Å². The van der Waals surface area contributed by atoms with Gasteiger partial charge >= 0.3 is 0 Å². The fraction of sp³-hybridized carbons (Fsp3) is 0.318. The van der Waals surface area contributed by atoms with Gasteiger partial charge < -0.3 is 20.3 Å². The topological polar surface area (TPSA) is 87.7 Å². The number of benzene rings is 2. The van der Waals surface area contributed by atoms with Crippen LogP contribution in [0.5, 0.6) is 0 Å². The second-order valence-corrected chi connectivity index (χ2v) is 7.85. The zero-order valence-electron chi connectivity index (χ0n) is 17.0. The van der Waals surface area contributed by atoms with Gasteiger partial charge in [0.1, 0.15) is 12.6 Å². The van der Waals surface area contributed by atoms with Crippen molar-refractivity contribution in [1.29, 1.82) is 0 Å². The molecule has 2 N–H and O–H groups in total. The molecule has 1 atom stereocenters. The number of rotatable bonds is 7. The van der Waals surface area contributed by atoms with Gasteiger partial charge in [-0.2, -0.15) is 0 Å². The quantitative estimate of drug-likeness (QED) is 0.643. The smallest absolute Gasteiger partial charge is 0.254 e. The number of para-hydroxylation sites is 1. The number of carbonyl (C=O) groups excluding carboxylic acids is 3. The van der Waals surface area contributed by atoms with Crippen molar-refractivity contribution in [1.82, 2.24) is 4.90 Å². The highest BCUT2D eigenvalue weighted by atomic mass is 35.5. The molecule has 31 heavy (non-hydrogen) atoms. The number of anilines is 2. The van der Waals surface area contributed by atoms with Crippen molar-refractivity contribution >= 4 is 52.3 Å². The van der Waals surface area contributed by atoms with Gasteiger partial charge in [-0.3, -0.25) is 14.4 Å². The lowest BCUT2D eigenvalue weighted by atomic mass is 10.1. The van der Waals surface area contributed by atoms with Gasteiger partial charge in [-0.15, -0.1) is 0 Å². The van der Waals surface area contributed by atoms with E-state index in [9.17, 15) is 14.4 Å². The van der Waals surface area contributed by atoms with Crippen molar-refractivity contribution in [3.8, 4) is 0 Å². The maximum atomic E-state index is 12.9. The summed E-state index contributed by atoms with van der Waals surface area (Å²) in [5.74, 6) is -0.991. The number of hydrogen-bond donors (Lipinski definition) is 2. The third-order valence-electron chi connectivity index (χ3n) is 4.83. The van der Waals surface area contributed by atoms with Crippen LogP contribution in [0, 0.1) is 0 Å². The Kier molecular flexibility index (Phi) is 7.90. The number of nitrogens with one attached hydrogen (secondary N) is 2. The number of ether oxygens (including phenoxy) is 1. The number of hydrogen-bond acceptors (Lipinski definition) is 4. The molecule has 1 saturated heterocycles. The van der Waals surface area contributed by atoms with Gasteiger partial charge in [-0.05, 0) is 50.1 Å². The Bertz CT molecular complexity index is 957. The minimum absolute atomic E-state index is 0.177. The number of nitrogens with zero attached hydrogens (tertiary/aromatic N) is 1. The molecule has 1 heterocycles. The molecule has 1 fully saturated rings. The van der Waals surface area contributed by atoms with Crippen molar-refractivity contribution in [3.05, 3.63) is 58.1 Å². The molecule has 2 aromatic rings. The standard InChI is InChI=1S/C22H23Cl2N3O4/c1-2-27(13-19(28)26-20-16(23)8-4-9-17(20)24)22(30)14-6-3-7-15(12-14)25-21(29)18-10-5-11-31-18/h3-4,6-9,12,18H,2,5,10-11,13H2,1H3,(H,25,29)(H,26,28). The zero-order valence-corrected chi connectivity index (χ0v) is 18.5. The van der Waals surface area contributed by atoms with Gasteiger partial charge in [0.05, 0.1) is 15.7 Å². The van der Waals surface area contributed by atoms with Gasteiger partial charge in [0.15, 0.2) is 0 Å². The van der Waals surface area contributed by atoms with Crippen molar-refractivity contribution < 1.29 is 19.1 Å². The normalized spacial score (nSPS) is 15.4. The maximum absolute atomic E-state index is 12.9. The van der Waals surface area contributed by atoms with E-state index in [2.05, 4.69) is 10.6 Å². The first-order valence-corrected chi connectivity index (χ1v) is 10.7. The minimum atomic E-state index is -0.466. The van der Waals surface area contributed by atoms with Crippen LogP contribution < -0.4 is 10.6 Å². The Labute approximate surface area is 190 Å². The molecule has 0 bridgehead atoms. The molecule has 1 aliphatic heterocycles. The summed E-state index contributed by atoms with van der Waals surface area (Å²) in [6.07, 6.45) is 1.06. The molecule has 1 unspecified atom stereocenters. The fourth-order valence-electron chi connectivity index (χ4n) is 3.22. The summed E-state index contributed by atoms with van der Waals surface area (Å²) >= 11 is 12.2. The highest BCUT2D eigenvalue weighted by Gasteiger charge is 2.24. The van der Waals surface area contributed by atoms with E-state index in [1.165, 1.54) is 4.90 Å². The summed E-state index contributed by atoms with van der Waals surface area (Å²) in [6.45, 7) is 2.48. The molecule has 9 heteroatoms. The average Bonchev–Trinajstić information content (AvgIpc) is 3.29. The first-order valence-electron chi connectivity index (χ1n) is 9.94. The number of likely N-dealkylation sites (N-methyl/N-ethyl adjacent to an activating group) is 1. The third-order valence-corrected chi connectivity index (χ3v) is 5.46. The zero-order chi connectivity index (χ0) is 22.4. The van der Waals surface area contributed by atoms with E-state index in [4.69, 9.17) is 27.9 Å². The van der Waals surface area contributed by atoms with Crippen LogP contribution >= 0.6 is 23.2 Å². The molecule has 0 saturated carbocycles. The lowest BCUT2D eigenvalue weighted by Gasteiger charge is -2.21.